The molecule has 9 nitrogen and oxygen atoms in total. The van der Waals surface area contributed by atoms with Crippen molar-refractivity contribution in [2.24, 2.45) is 14.1 Å². The lowest BCUT2D eigenvalue weighted by Crippen LogP contribution is -2.24. The van der Waals surface area contributed by atoms with Gasteiger partial charge in [0.05, 0.1) is 13.1 Å². The number of aryl methyl sites for hydroxylation is 2. The molecular weight excluding hydrogens is 282 g/mol. The molecule has 0 bridgehead atoms. The normalized spacial score (nSPS) is 11.6. The molecule has 0 fully saturated rings. The van der Waals surface area contributed by atoms with Crippen molar-refractivity contribution in [2.75, 3.05) is 0 Å². The van der Waals surface area contributed by atoms with E-state index < -0.39 is 0 Å². The van der Waals surface area contributed by atoms with Gasteiger partial charge in [-0.1, -0.05) is 11.3 Å². The molecule has 0 atom stereocenters. The van der Waals surface area contributed by atoms with Crippen molar-refractivity contribution < 1.29 is 6.11 Å². The van der Waals surface area contributed by atoms with Gasteiger partial charge in [0.25, 0.3) is 5.19 Å². The summed E-state index contributed by atoms with van der Waals surface area (Å²) in [5, 5.41) is 13.5. The molecule has 104 valence electrons. The van der Waals surface area contributed by atoms with Gasteiger partial charge in [-0.25, -0.2) is 9.78 Å². The van der Waals surface area contributed by atoms with E-state index in [1.807, 2.05) is 0 Å². The summed E-state index contributed by atoms with van der Waals surface area (Å²) in [7, 11) is 3.22. The van der Waals surface area contributed by atoms with Crippen molar-refractivity contribution in [2.45, 2.75) is 6.61 Å². The lowest BCUT2D eigenvalue weighted by atomic mass is 10.3. The molecule has 10 heteroatoms. The zero-order chi connectivity index (χ0) is 15.0. The molecule has 0 saturated heterocycles. The molecule has 0 aliphatic rings. The summed E-state index contributed by atoms with van der Waals surface area (Å²) in [6, 6.07) is 0. The van der Waals surface area contributed by atoms with Crippen LogP contribution in [0.1, 0.15) is 6.93 Å². The van der Waals surface area contributed by atoms with E-state index in [9.17, 15) is 4.79 Å². The minimum absolute atomic E-state index is 0.159. The SMILES string of the molecule is [3H]c1csc(OCc2cnn(C)c2-n2nnn(C)c2=O)n1. The first kappa shape index (κ1) is 11.3. The molecule has 0 unspecified atom stereocenters. The summed E-state index contributed by atoms with van der Waals surface area (Å²) < 4.78 is 16.7. The Labute approximate surface area is 118 Å². The Hall–Kier alpha value is -2.49. The highest BCUT2D eigenvalue weighted by molar-refractivity contribution is 7.11. The fourth-order valence-electron chi connectivity index (χ4n) is 1.69. The first-order valence-electron chi connectivity index (χ1n) is 6.11. The molecule has 0 saturated carbocycles. The van der Waals surface area contributed by atoms with Crippen molar-refractivity contribution in [1.29, 1.82) is 0 Å². The number of thiazole rings is 1. The lowest BCUT2D eigenvalue weighted by molar-refractivity contribution is 0.303. The highest BCUT2D eigenvalue weighted by Crippen LogP contribution is 2.17. The molecule has 20 heavy (non-hydrogen) atoms. The van der Waals surface area contributed by atoms with Crippen molar-refractivity contribution in [3.8, 4) is 11.0 Å². The molecule has 0 aliphatic heterocycles. The third-order valence-corrected chi connectivity index (χ3v) is 3.26. The molecule has 0 aromatic carbocycles. The van der Waals surface area contributed by atoms with Crippen molar-refractivity contribution in [3.05, 3.63) is 33.8 Å². The average Bonchev–Trinajstić information content (AvgIpc) is 3.11. The second kappa shape index (κ2) is 4.89. The van der Waals surface area contributed by atoms with Crippen LogP contribution in [-0.4, -0.2) is 34.6 Å². The van der Waals surface area contributed by atoms with Crippen molar-refractivity contribution >= 4 is 11.3 Å². The summed E-state index contributed by atoms with van der Waals surface area (Å²) >= 11 is 1.24. The Morgan fingerprint density at radius 2 is 2.25 bits per heavy atom. The van der Waals surface area contributed by atoms with Gasteiger partial charge in [-0.15, -0.1) is 4.68 Å². The van der Waals surface area contributed by atoms with E-state index in [0.29, 0.717) is 16.6 Å². The van der Waals surface area contributed by atoms with Crippen LogP contribution in [0.4, 0.5) is 0 Å². The summed E-state index contributed by atoms with van der Waals surface area (Å²) in [5.41, 5.74) is 0.296. The largest absolute Gasteiger partial charge is 0.465 e. The predicted molar refractivity (Wildman–Crippen MR) is 69.8 cm³/mol. The maximum absolute atomic E-state index is 11.9. The first-order chi connectivity index (χ1) is 10.1. The minimum Gasteiger partial charge on any atom is -0.465 e. The topological polar surface area (TPSA) is 92.7 Å². The molecule has 0 radical (unpaired) electrons. The van der Waals surface area contributed by atoms with E-state index in [1.54, 1.807) is 18.6 Å². The van der Waals surface area contributed by atoms with Gasteiger partial charge in [0.15, 0.2) is 5.82 Å². The Morgan fingerprint density at radius 3 is 2.90 bits per heavy atom. The average molecular weight is 295 g/mol. The molecule has 3 aromatic rings. The number of tetrazole rings is 1. The van der Waals surface area contributed by atoms with Crippen LogP contribution in [0.3, 0.4) is 0 Å². The van der Waals surface area contributed by atoms with Gasteiger partial charge in [-0.3, -0.25) is 4.68 Å². The van der Waals surface area contributed by atoms with E-state index in [2.05, 4.69) is 20.5 Å². The molecule has 0 N–H and O–H groups in total. The second-order valence-electron chi connectivity index (χ2n) is 3.95. The molecule has 0 aliphatic carbocycles. The zero-order valence-electron chi connectivity index (χ0n) is 11.7. The molecule has 0 spiro atoms. The third kappa shape index (κ3) is 2.09. The molecule has 3 aromatic heterocycles. The minimum atomic E-state index is -0.373. The summed E-state index contributed by atoms with van der Waals surface area (Å²) in [4.78, 5) is 15.8. The second-order valence-corrected chi connectivity index (χ2v) is 4.77. The smallest absolute Gasteiger partial charge is 0.369 e. The predicted octanol–water partition coefficient (Wildman–Crippen LogP) is -0.265. The third-order valence-electron chi connectivity index (χ3n) is 2.62. The van der Waals surface area contributed by atoms with Gasteiger partial charge in [0.2, 0.25) is 0 Å². The quantitative estimate of drug-likeness (QED) is 0.658. The Kier molecular flexibility index (Phi) is 2.77. The summed E-state index contributed by atoms with van der Waals surface area (Å²) in [6.07, 6.45) is 1.75. The molecular formula is C10H11N7O2S. The van der Waals surface area contributed by atoms with E-state index in [-0.39, 0.29) is 18.5 Å². The van der Waals surface area contributed by atoms with E-state index >= 15 is 0 Å². The van der Waals surface area contributed by atoms with Crippen LogP contribution < -0.4 is 10.4 Å². The summed E-state index contributed by atoms with van der Waals surface area (Å²) in [6.45, 7) is 0.166. The lowest BCUT2D eigenvalue weighted by Gasteiger charge is -2.04. The van der Waals surface area contributed by atoms with Crippen LogP contribution in [0.15, 0.2) is 22.5 Å². The van der Waals surface area contributed by atoms with Gasteiger partial charge < -0.3 is 4.74 Å². The van der Waals surface area contributed by atoms with Crippen molar-refractivity contribution in [1.82, 2.24) is 34.6 Å². The van der Waals surface area contributed by atoms with Crippen LogP contribution in [-0.2, 0) is 20.7 Å². The van der Waals surface area contributed by atoms with Gasteiger partial charge in [0.1, 0.15) is 6.61 Å². The van der Waals surface area contributed by atoms with Gasteiger partial charge in [0, 0.05) is 25.6 Å². The highest BCUT2D eigenvalue weighted by atomic mass is 32.1. The van der Waals surface area contributed by atoms with Gasteiger partial charge in [-0.2, -0.15) is 9.78 Å². The van der Waals surface area contributed by atoms with Gasteiger partial charge >= 0.3 is 5.69 Å². The standard InChI is InChI=1S/C10H11N7O2S/c1-15-8(17-10(18)16(2)13-14-17)7(5-12-15)6-19-9-11-3-4-20-9/h3-5H,6H2,1-2H3/i3T. The van der Waals surface area contributed by atoms with Crippen LogP contribution in [0, 0.1) is 0 Å². The Morgan fingerprint density at radius 1 is 1.40 bits per heavy atom. The van der Waals surface area contributed by atoms with E-state index in [4.69, 9.17) is 6.11 Å². The molecule has 3 heterocycles. The van der Waals surface area contributed by atoms with E-state index in [1.165, 1.54) is 23.1 Å². The van der Waals surface area contributed by atoms with Crippen LogP contribution in [0.5, 0.6) is 5.19 Å². The van der Waals surface area contributed by atoms with Gasteiger partial charge in [-0.05, 0) is 10.4 Å². The van der Waals surface area contributed by atoms with Crippen LogP contribution in [0.25, 0.3) is 5.82 Å². The first-order valence-corrected chi connectivity index (χ1v) is 6.49. The summed E-state index contributed by atoms with van der Waals surface area (Å²) in [5.74, 6) is 0.482. The molecule has 0 amide bonds. The van der Waals surface area contributed by atoms with Crippen molar-refractivity contribution in [3.63, 3.8) is 0 Å². The number of hydrogen-bond acceptors (Lipinski definition) is 7. The van der Waals surface area contributed by atoms with Crippen LogP contribution in [0.2, 0.25) is 0 Å². The van der Waals surface area contributed by atoms with E-state index in [0.717, 1.165) is 9.36 Å². The Bertz CT molecular complexity index is 833. The maximum Gasteiger partial charge on any atom is 0.369 e. The highest BCUT2D eigenvalue weighted by Gasteiger charge is 2.16. The maximum atomic E-state index is 11.9. The number of rotatable bonds is 4. The number of aromatic nitrogens is 7. The zero-order valence-corrected chi connectivity index (χ0v) is 11.5. The fourth-order valence-corrected chi connectivity index (χ4v) is 2.12. The number of nitrogens with zero attached hydrogens (tertiary/aromatic N) is 7. The monoisotopic (exact) mass is 295 g/mol. The van der Waals surface area contributed by atoms with Crippen LogP contribution >= 0.6 is 11.3 Å². The fraction of sp³-hybridized carbons (Fsp3) is 0.300. The molecule has 3 rings (SSSR count). The number of ether oxygens (including phenoxy) is 1. The number of hydrogen-bond donors (Lipinski definition) is 0. The Balaban J connectivity index is 1.90.